The molecule has 1 aromatic carbocycles. The van der Waals surface area contributed by atoms with E-state index in [1.54, 1.807) is 21.8 Å². The van der Waals surface area contributed by atoms with Crippen LogP contribution in [0.4, 0.5) is 0 Å². The van der Waals surface area contributed by atoms with E-state index in [1.165, 1.54) is 0 Å². The van der Waals surface area contributed by atoms with E-state index in [0.717, 1.165) is 12.1 Å². The van der Waals surface area contributed by atoms with Crippen molar-refractivity contribution in [2.75, 3.05) is 26.3 Å². The van der Waals surface area contributed by atoms with Crippen LogP contribution < -0.4 is 0 Å². The Morgan fingerprint density at radius 1 is 1.33 bits per heavy atom. The van der Waals surface area contributed by atoms with Gasteiger partial charge < -0.3 is 14.7 Å². The summed E-state index contributed by atoms with van der Waals surface area (Å²) in [6.45, 7) is 3.85. The topological polar surface area (TPSA) is 67.6 Å². The standard InChI is InChI=1S/C18H23N3O3/c1-2-21-9-8-16(19-21)17(23)20-10-11-24-18(13-20,14-22)12-15-6-4-3-5-7-15/h3-9,22H,2,10-14H2,1H3/t18-/m1/s1. The number of amides is 1. The minimum atomic E-state index is -0.761. The van der Waals surface area contributed by atoms with Crippen LogP contribution in [0.15, 0.2) is 42.6 Å². The fraction of sp³-hybridized carbons (Fsp3) is 0.444. The van der Waals surface area contributed by atoms with Gasteiger partial charge in [-0.05, 0) is 18.6 Å². The van der Waals surface area contributed by atoms with Crippen LogP contribution in [0.5, 0.6) is 0 Å². The molecule has 0 unspecified atom stereocenters. The summed E-state index contributed by atoms with van der Waals surface area (Å²) in [4.78, 5) is 14.4. The number of ether oxygens (including phenoxy) is 1. The number of morpholine rings is 1. The molecule has 1 saturated heterocycles. The first-order chi connectivity index (χ1) is 11.7. The third-order valence-electron chi connectivity index (χ3n) is 4.38. The van der Waals surface area contributed by atoms with Gasteiger partial charge in [-0.1, -0.05) is 30.3 Å². The average Bonchev–Trinajstić information content (AvgIpc) is 3.11. The van der Waals surface area contributed by atoms with Crippen LogP contribution in [-0.2, 0) is 17.7 Å². The molecule has 2 heterocycles. The Morgan fingerprint density at radius 3 is 2.79 bits per heavy atom. The minimum absolute atomic E-state index is 0.114. The molecule has 6 nitrogen and oxygen atoms in total. The molecule has 2 aromatic rings. The number of carbonyl (C=O) groups excluding carboxylic acids is 1. The minimum Gasteiger partial charge on any atom is -0.393 e. The number of aryl methyl sites for hydroxylation is 1. The van der Waals surface area contributed by atoms with E-state index in [9.17, 15) is 9.90 Å². The van der Waals surface area contributed by atoms with Gasteiger partial charge in [0, 0.05) is 25.7 Å². The molecule has 0 radical (unpaired) electrons. The van der Waals surface area contributed by atoms with Crippen LogP contribution in [0.3, 0.4) is 0 Å². The van der Waals surface area contributed by atoms with Crippen molar-refractivity contribution in [1.29, 1.82) is 0 Å². The molecule has 1 N–H and O–H groups in total. The lowest BCUT2D eigenvalue weighted by Crippen LogP contribution is -2.56. The number of rotatable bonds is 5. The van der Waals surface area contributed by atoms with Crippen molar-refractivity contribution in [3.63, 3.8) is 0 Å². The maximum Gasteiger partial charge on any atom is 0.274 e. The van der Waals surface area contributed by atoms with E-state index in [2.05, 4.69) is 5.10 Å². The Morgan fingerprint density at radius 2 is 2.12 bits per heavy atom. The first-order valence-electron chi connectivity index (χ1n) is 8.27. The Labute approximate surface area is 141 Å². The van der Waals surface area contributed by atoms with Gasteiger partial charge in [0.2, 0.25) is 0 Å². The lowest BCUT2D eigenvalue weighted by molar-refractivity contribution is -0.123. The van der Waals surface area contributed by atoms with Crippen LogP contribution in [0.25, 0.3) is 0 Å². The number of carbonyl (C=O) groups is 1. The van der Waals surface area contributed by atoms with Gasteiger partial charge in [-0.25, -0.2) is 0 Å². The zero-order valence-electron chi connectivity index (χ0n) is 13.9. The summed E-state index contributed by atoms with van der Waals surface area (Å²) in [5.41, 5.74) is 0.754. The molecule has 1 atom stereocenters. The number of aliphatic hydroxyl groups excluding tert-OH is 1. The molecule has 1 amide bonds. The number of aliphatic hydroxyl groups is 1. The predicted molar refractivity (Wildman–Crippen MR) is 89.7 cm³/mol. The summed E-state index contributed by atoms with van der Waals surface area (Å²) < 4.78 is 7.62. The van der Waals surface area contributed by atoms with E-state index in [4.69, 9.17) is 4.74 Å². The van der Waals surface area contributed by atoms with Gasteiger partial charge in [0.15, 0.2) is 0 Å². The monoisotopic (exact) mass is 329 g/mol. The van der Waals surface area contributed by atoms with Gasteiger partial charge in [-0.3, -0.25) is 9.48 Å². The molecule has 6 heteroatoms. The number of hydrogen-bond acceptors (Lipinski definition) is 4. The van der Waals surface area contributed by atoms with Crippen LogP contribution >= 0.6 is 0 Å². The highest BCUT2D eigenvalue weighted by atomic mass is 16.5. The smallest absolute Gasteiger partial charge is 0.274 e. The molecule has 3 rings (SSSR count). The molecule has 24 heavy (non-hydrogen) atoms. The van der Waals surface area contributed by atoms with Crippen molar-refractivity contribution in [3.05, 3.63) is 53.9 Å². The van der Waals surface area contributed by atoms with Gasteiger partial charge in [-0.2, -0.15) is 5.10 Å². The van der Waals surface area contributed by atoms with Crippen molar-refractivity contribution >= 4 is 5.91 Å². The van der Waals surface area contributed by atoms with Crippen molar-refractivity contribution in [1.82, 2.24) is 14.7 Å². The number of nitrogens with zero attached hydrogens (tertiary/aromatic N) is 3. The molecular weight excluding hydrogens is 306 g/mol. The van der Waals surface area contributed by atoms with E-state index in [1.807, 2.05) is 37.3 Å². The second-order valence-corrected chi connectivity index (χ2v) is 6.14. The maximum atomic E-state index is 12.7. The normalized spacial score (nSPS) is 21.0. The third kappa shape index (κ3) is 3.49. The molecule has 128 valence electrons. The highest BCUT2D eigenvalue weighted by Gasteiger charge is 2.38. The van der Waals surface area contributed by atoms with Crippen molar-refractivity contribution in [2.45, 2.75) is 25.5 Å². The summed E-state index contributed by atoms with van der Waals surface area (Å²) in [6, 6.07) is 11.6. The first kappa shape index (κ1) is 16.7. The second kappa shape index (κ2) is 7.15. The largest absolute Gasteiger partial charge is 0.393 e. The molecule has 0 spiro atoms. The number of hydrogen-bond donors (Lipinski definition) is 1. The number of benzene rings is 1. The molecule has 1 aliphatic rings. The lowest BCUT2D eigenvalue weighted by atomic mass is 9.93. The van der Waals surface area contributed by atoms with Crippen LogP contribution in [0, 0.1) is 0 Å². The molecule has 0 aliphatic carbocycles. The van der Waals surface area contributed by atoms with E-state index in [-0.39, 0.29) is 12.5 Å². The lowest BCUT2D eigenvalue weighted by Gasteiger charge is -2.41. The van der Waals surface area contributed by atoms with Gasteiger partial charge in [-0.15, -0.1) is 0 Å². The molecular formula is C18H23N3O3. The Balaban J connectivity index is 1.75. The molecule has 1 aliphatic heterocycles. The highest BCUT2D eigenvalue weighted by molar-refractivity contribution is 5.92. The van der Waals surface area contributed by atoms with Gasteiger partial charge in [0.1, 0.15) is 11.3 Å². The van der Waals surface area contributed by atoms with E-state index >= 15 is 0 Å². The third-order valence-corrected chi connectivity index (χ3v) is 4.38. The quantitative estimate of drug-likeness (QED) is 0.899. The van der Waals surface area contributed by atoms with Crippen molar-refractivity contribution < 1.29 is 14.6 Å². The summed E-state index contributed by atoms with van der Waals surface area (Å²) in [6.07, 6.45) is 2.37. The molecule has 0 bridgehead atoms. The first-order valence-corrected chi connectivity index (χ1v) is 8.27. The zero-order valence-corrected chi connectivity index (χ0v) is 13.9. The summed E-state index contributed by atoms with van der Waals surface area (Å²) >= 11 is 0. The fourth-order valence-corrected chi connectivity index (χ4v) is 3.06. The van der Waals surface area contributed by atoms with E-state index < -0.39 is 5.60 Å². The Kier molecular flexibility index (Phi) is 4.97. The summed E-state index contributed by atoms with van der Waals surface area (Å²) in [7, 11) is 0. The second-order valence-electron chi connectivity index (χ2n) is 6.14. The Hall–Kier alpha value is -2.18. The maximum absolute atomic E-state index is 12.7. The van der Waals surface area contributed by atoms with Gasteiger partial charge >= 0.3 is 0 Å². The van der Waals surface area contributed by atoms with Gasteiger partial charge in [0.05, 0.1) is 19.8 Å². The zero-order chi connectivity index (χ0) is 17.0. The van der Waals surface area contributed by atoms with Crippen molar-refractivity contribution in [3.8, 4) is 0 Å². The SMILES string of the molecule is CCn1ccc(C(=O)N2CCO[C@](CO)(Cc3ccccc3)C2)n1. The molecule has 0 saturated carbocycles. The highest BCUT2D eigenvalue weighted by Crippen LogP contribution is 2.24. The van der Waals surface area contributed by atoms with Gasteiger partial charge in [0.25, 0.3) is 5.91 Å². The molecule has 1 aromatic heterocycles. The summed E-state index contributed by atoms with van der Waals surface area (Å²) in [5.74, 6) is -0.114. The van der Waals surface area contributed by atoms with Crippen LogP contribution in [0.2, 0.25) is 0 Å². The number of aromatic nitrogens is 2. The van der Waals surface area contributed by atoms with Crippen LogP contribution in [0.1, 0.15) is 23.0 Å². The predicted octanol–water partition coefficient (Wildman–Crippen LogP) is 1.35. The van der Waals surface area contributed by atoms with Crippen LogP contribution in [-0.4, -0.2) is 57.6 Å². The average molecular weight is 329 g/mol. The Bertz CT molecular complexity index is 686. The summed E-state index contributed by atoms with van der Waals surface area (Å²) in [5, 5.41) is 14.2. The van der Waals surface area contributed by atoms with E-state index in [0.29, 0.717) is 31.8 Å². The van der Waals surface area contributed by atoms with Crippen molar-refractivity contribution in [2.24, 2.45) is 0 Å². The fourth-order valence-electron chi connectivity index (χ4n) is 3.06. The molecule has 1 fully saturated rings.